The van der Waals surface area contributed by atoms with E-state index in [1.165, 1.54) is 29.6 Å². The van der Waals surface area contributed by atoms with Gasteiger partial charge in [-0.3, -0.25) is 14.9 Å². The summed E-state index contributed by atoms with van der Waals surface area (Å²) in [6, 6.07) is 14.0. The van der Waals surface area contributed by atoms with Gasteiger partial charge in [-0.2, -0.15) is 5.10 Å². The van der Waals surface area contributed by atoms with Gasteiger partial charge in [-0.1, -0.05) is 18.2 Å². The van der Waals surface area contributed by atoms with Crippen LogP contribution in [0, 0.1) is 17.0 Å². The monoisotopic (exact) mass is 416 g/mol. The van der Waals surface area contributed by atoms with Gasteiger partial charge in [0.25, 0.3) is 5.69 Å². The highest BCUT2D eigenvalue weighted by Gasteiger charge is 2.22. The van der Waals surface area contributed by atoms with Gasteiger partial charge in [-0.05, 0) is 32.0 Å². The number of rotatable bonds is 5. The fourth-order valence-corrected chi connectivity index (χ4v) is 3.53. The first-order valence-electron chi connectivity index (χ1n) is 9.26. The average molecular weight is 416 g/mol. The van der Waals surface area contributed by atoms with E-state index < -0.39 is 10.9 Å². The number of carboxylic acids is 1. The minimum atomic E-state index is -1.12. The number of non-ortho nitro benzene ring substituents is 1. The molecular formula is C22H16N4O5. The minimum absolute atomic E-state index is 0.0340. The number of nitrogens with zero attached hydrogens (tertiary/aromatic N) is 4. The molecule has 9 nitrogen and oxygen atoms in total. The Kier molecular flexibility index (Phi) is 4.78. The van der Waals surface area contributed by atoms with Crippen molar-refractivity contribution < 1.29 is 19.6 Å². The molecule has 2 aromatic heterocycles. The lowest BCUT2D eigenvalue weighted by atomic mass is 9.97. The van der Waals surface area contributed by atoms with Crippen LogP contribution in [0.1, 0.15) is 33.3 Å². The van der Waals surface area contributed by atoms with Crippen LogP contribution in [0.4, 0.5) is 5.69 Å². The largest absolute Gasteiger partial charge is 0.478 e. The third-order valence-corrected chi connectivity index (χ3v) is 4.97. The molecule has 31 heavy (non-hydrogen) atoms. The SMILES string of the molecule is CC(=O)c1c(-c2ccccc2C(=O)O)nc2cc(-c3ccc([N+](=O)[O-])cc3)nn2c1C. The molecule has 0 aliphatic heterocycles. The molecule has 0 fully saturated rings. The molecule has 0 radical (unpaired) electrons. The van der Waals surface area contributed by atoms with Crippen molar-refractivity contribution >= 4 is 23.1 Å². The average Bonchev–Trinajstić information content (AvgIpc) is 3.18. The molecule has 154 valence electrons. The summed E-state index contributed by atoms with van der Waals surface area (Å²) in [7, 11) is 0. The normalized spacial score (nSPS) is 10.9. The van der Waals surface area contributed by atoms with Gasteiger partial charge >= 0.3 is 5.97 Å². The molecule has 0 amide bonds. The number of benzene rings is 2. The Balaban J connectivity index is 1.95. The molecule has 0 unspecified atom stereocenters. The van der Waals surface area contributed by atoms with Gasteiger partial charge in [0, 0.05) is 29.3 Å². The van der Waals surface area contributed by atoms with Crippen molar-refractivity contribution in [2.45, 2.75) is 13.8 Å². The van der Waals surface area contributed by atoms with Gasteiger partial charge < -0.3 is 5.11 Å². The number of carbonyl (C=O) groups is 2. The van der Waals surface area contributed by atoms with Gasteiger partial charge in [0.1, 0.15) is 0 Å². The maximum atomic E-state index is 12.5. The van der Waals surface area contributed by atoms with Crippen molar-refractivity contribution in [1.29, 1.82) is 0 Å². The summed E-state index contributed by atoms with van der Waals surface area (Å²) in [5.41, 5.74) is 2.99. The molecule has 4 rings (SSSR count). The zero-order valence-electron chi connectivity index (χ0n) is 16.6. The number of fused-ring (bicyclic) bond motifs is 1. The van der Waals surface area contributed by atoms with Crippen molar-refractivity contribution in [3.63, 3.8) is 0 Å². The quantitative estimate of drug-likeness (QED) is 0.294. The summed E-state index contributed by atoms with van der Waals surface area (Å²) in [5, 5.41) is 25.0. The predicted octanol–water partition coefficient (Wildman–Crippen LogP) is 4.18. The first-order chi connectivity index (χ1) is 14.8. The van der Waals surface area contributed by atoms with E-state index in [1.54, 1.807) is 43.3 Å². The van der Waals surface area contributed by atoms with Crippen LogP contribution < -0.4 is 0 Å². The Labute approximate surface area is 175 Å². The van der Waals surface area contributed by atoms with Crippen LogP contribution in [-0.2, 0) is 0 Å². The molecular weight excluding hydrogens is 400 g/mol. The van der Waals surface area contributed by atoms with Crippen LogP contribution in [0.2, 0.25) is 0 Å². The lowest BCUT2D eigenvalue weighted by molar-refractivity contribution is -0.384. The number of Topliss-reactive ketones (excluding diaryl/α,β-unsaturated/α-hetero) is 1. The van der Waals surface area contributed by atoms with E-state index in [0.29, 0.717) is 28.2 Å². The van der Waals surface area contributed by atoms with E-state index in [2.05, 4.69) is 10.1 Å². The number of aromatic nitrogens is 3. The van der Waals surface area contributed by atoms with E-state index >= 15 is 0 Å². The van der Waals surface area contributed by atoms with E-state index in [4.69, 9.17) is 0 Å². The highest BCUT2D eigenvalue weighted by atomic mass is 16.6. The fraction of sp³-hybridized carbons (Fsp3) is 0.0909. The van der Waals surface area contributed by atoms with Crippen molar-refractivity contribution in [3.8, 4) is 22.5 Å². The van der Waals surface area contributed by atoms with Crippen LogP contribution >= 0.6 is 0 Å². The van der Waals surface area contributed by atoms with E-state index in [0.717, 1.165) is 0 Å². The van der Waals surface area contributed by atoms with E-state index in [-0.39, 0.29) is 28.3 Å². The zero-order chi connectivity index (χ0) is 22.3. The summed E-state index contributed by atoms with van der Waals surface area (Å²) in [5.74, 6) is -1.39. The van der Waals surface area contributed by atoms with Crippen molar-refractivity contribution in [1.82, 2.24) is 14.6 Å². The van der Waals surface area contributed by atoms with E-state index in [1.807, 2.05) is 0 Å². The smallest absolute Gasteiger partial charge is 0.336 e. The van der Waals surface area contributed by atoms with Crippen molar-refractivity contribution in [2.75, 3.05) is 0 Å². The lowest BCUT2D eigenvalue weighted by Crippen LogP contribution is -2.10. The summed E-state index contributed by atoms with van der Waals surface area (Å²) in [6.07, 6.45) is 0. The van der Waals surface area contributed by atoms with Crippen LogP contribution in [-0.4, -0.2) is 36.4 Å². The Morgan fingerprint density at radius 2 is 1.77 bits per heavy atom. The highest BCUT2D eigenvalue weighted by Crippen LogP contribution is 2.30. The standard InChI is InChI=1S/C22H16N4O5/c1-12-20(13(2)27)21(16-5-3-4-6-17(16)22(28)29)23-19-11-18(24-25(12)19)14-7-9-15(10-8-14)26(30)31/h3-11H,1-2H3,(H,28,29). The van der Waals surface area contributed by atoms with Crippen LogP contribution in [0.3, 0.4) is 0 Å². The molecule has 0 atom stereocenters. The Morgan fingerprint density at radius 1 is 1.10 bits per heavy atom. The molecule has 9 heteroatoms. The molecule has 0 aliphatic carbocycles. The topological polar surface area (TPSA) is 128 Å². The number of carboxylic acid groups (broad SMARTS) is 1. The van der Waals surface area contributed by atoms with Crippen molar-refractivity contribution in [2.24, 2.45) is 0 Å². The number of carbonyl (C=O) groups excluding carboxylic acids is 1. The third kappa shape index (κ3) is 3.42. The lowest BCUT2D eigenvalue weighted by Gasteiger charge is -2.13. The molecule has 2 aromatic carbocycles. The number of nitro groups is 1. The first-order valence-corrected chi connectivity index (χ1v) is 9.26. The molecule has 4 aromatic rings. The van der Waals surface area contributed by atoms with Crippen molar-refractivity contribution in [3.05, 3.63) is 81.5 Å². The Morgan fingerprint density at radius 3 is 2.39 bits per heavy atom. The summed E-state index contributed by atoms with van der Waals surface area (Å²) >= 11 is 0. The molecule has 0 saturated heterocycles. The van der Waals surface area contributed by atoms with Gasteiger partial charge in [-0.25, -0.2) is 14.3 Å². The molecule has 0 bridgehead atoms. The van der Waals surface area contributed by atoms with Gasteiger partial charge in [0.05, 0.1) is 33.1 Å². The third-order valence-electron chi connectivity index (χ3n) is 4.97. The molecule has 0 aliphatic rings. The van der Waals surface area contributed by atoms with Crippen LogP contribution in [0.25, 0.3) is 28.2 Å². The van der Waals surface area contributed by atoms with Crippen LogP contribution in [0.15, 0.2) is 54.6 Å². The number of nitro benzene ring substituents is 1. The molecule has 0 saturated carbocycles. The Hall–Kier alpha value is -4.40. The highest BCUT2D eigenvalue weighted by molar-refractivity contribution is 6.04. The summed E-state index contributed by atoms with van der Waals surface area (Å²) < 4.78 is 1.51. The van der Waals surface area contributed by atoms with Gasteiger partial charge in [0.2, 0.25) is 0 Å². The maximum Gasteiger partial charge on any atom is 0.336 e. The van der Waals surface area contributed by atoms with Gasteiger partial charge in [0.15, 0.2) is 11.4 Å². The minimum Gasteiger partial charge on any atom is -0.478 e. The molecule has 1 N–H and O–H groups in total. The second-order valence-electron chi connectivity index (χ2n) is 6.93. The number of ketones is 1. The van der Waals surface area contributed by atoms with Crippen LogP contribution in [0.5, 0.6) is 0 Å². The fourth-order valence-electron chi connectivity index (χ4n) is 3.53. The number of hydrogen-bond donors (Lipinski definition) is 1. The number of hydrogen-bond acceptors (Lipinski definition) is 6. The zero-order valence-corrected chi connectivity index (χ0v) is 16.6. The summed E-state index contributed by atoms with van der Waals surface area (Å²) in [4.78, 5) is 39.2. The summed E-state index contributed by atoms with van der Waals surface area (Å²) in [6.45, 7) is 3.11. The molecule has 0 spiro atoms. The predicted molar refractivity (Wildman–Crippen MR) is 112 cm³/mol. The molecule has 2 heterocycles. The number of aromatic carboxylic acids is 1. The van der Waals surface area contributed by atoms with Gasteiger partial charge in [-0.15, -0.1) is 0 Å². The Bertz CT molecular complexity index is 1370. The second-order valence-corrected chi connectivity index (χ2v) is 6.93. The second kappa shape index (κ2) is 7.45. The van der Waals surface area contributed by atoms with E-state index in [9.17, 15) is 24.8 Å². The first kappa shape index (κ1) is 19.9. The maximum absolute atomic E-state index is 12.5. The number of aryl methyl sites for hydroxylation is 1.